The zero-order valence-corrected chi connectivity index (χ0v) is 11.8. The first-order valence-electron chi connectivity index (χ1n) is 7.09. The summed E-state index contributed by atoms with van der Waals surface area (Å²) in [6, 6.07) is 4.47. The molecule has 1 saturated heterocycles. The van der Waals surface area contributed by atoms with Crippen molar-refractivity contribution in [2.75, 3.05) is 19.6 Å². The number of hydrogen-bond donors (Lipinski definition) is 2. The molecule has 1 aliphatic rings. The Kier molecular flexibility index (Phi) is 4.46. The van der Waals surface area contributed by atoms with Crippen LogP contribution in [0.3, 0.4) is 0 Å². The quantitative estimate of drug-likeness (QED) is 0.814. The third-order valence-electron chi connectivity index (χ3n) is 4.39. The smallest absolute Gasteiger partial charge is 0.105 e. The second-order valence-corrected chi connectivity index (χ2v) is 6.01. The lowest BCUT2D eigenvalue weighted by Gasteiger charge is -2.34. The van der Waals surface area contributed by atoms with Gasteiger partial charge in [-0.15, -0.1) is 0 Å². The predicted molar refractivity (Wildman–Crippen MR) is 74.6 cm³/mol. The van der Waals surface area contributed by atoms with Crippen LogP contribution >= 0.6 is 0 Å². The minimum atomic E-state index is 0.428. The van der Waals surface area contributed by atoms with Gasteiger partial charge in [0.2, 0.25) is 0 Å². The summed E-state index contributed by atoms with van der Waals surface area (Å²) < 4.78 is 5.40. The Morgan fingerprint density at radius 1 is 1.44 bits per heavy atom. The lowest BCUT2D eigenvalue weighted by molar-refractivity contribution is 0.201. The van der Waals surface area contributed by atoms with Crippen molar-refractivity contribution < 1.29 is 4.42 Å². The normalized spacial score (nSPS) is 25.8. The highest BCUT2D eigenvalue weighted by atomic mass is 16.3. The highest BCUT2D eigenvalue weighted by Crippen LogP contribution is 2.33. The van der Waals surface area contributed by atoms with Crippen molar-refractivity contribution >= 4 is 0 Å². The minimum absolute atomic E-state index is 0.428. The molecule has 2 rings (SSSR count). The molecule has 2 atom stereocenters. The molecule has 1 aromatic heterocycles. The van der Waals surface area contributed by atoms with E-state index in [0.717, 1.165) is 37.7 Å². The Hall–Kier alpha value is -0.800. The molecule has 1 fully saturated rings. The van der Waals surface area contributed by atoms with E-state index in [1.807, 2.05) is 12.1 Å². The van der Waals surface area contributed by atoms with Gasteiger partial charge in [-0.05, 0) is 43.4 Å². The zero-order valence-electron chi connectivity index (χ0n) is 11.8. The lowest BCUT2D eigenvalue weighted by Crippen LogP contribution is -2.43. The fraction of sp³-hybridized carbons (Fsp3) is 0.733. The molecule has 0 bridgehead atoms. The van der Waals surface area contributed by atoms with E-state index in [2.05, 4.69) is 31.4 Å². The van der Waals surface area contributed by atoms with E-state index >= 15 is 0 Å². The lowest BCUT2D eigenvalue weighted by atomic mass is 9.76. The van der Waals surface area contributed by atoms with Gasteiger partial charge in [-0.1, -0.05) is 13.8 Å². The van der Waals surface area contributed by atoms with Crippen LogP contribution in [0.4, 0.5) is 0 Å². The van der Waals surface area contributed by atoms with Gasteiger partial charge < -0.3 is 15.1 Å². The molecule has 0 amide bonds. The van der Waals surface area contributed by atoms with Crippen molar-refractivity contribution in [1.82, 2.24) is 10.6 Å². The molecule has 2 N–H and O–H groups in total. The number of furan rings is 1. The zero-order chi connectivity index (χ0) is 13.0. The average molecular weight is 250 g/mol. The summed E-state index contributed by atoms with van der Waals surface area (Å²) in [5.41, 5.74) is 0.428. The van der Waals surface area contributed by atoms with E-state index in [0.29, 0.717) is 11.5 Å². The molecule has 3 heteroatoms. The van der Waals surface area contributed by atoms with E-state index in [9.17, 15) is 0 Å². The van der Waals surface area contributed by atoms with Crippen LogP contribution in [-0.2, 0) is 6.42 Å². The molecule has 2 heterocycles. The number of hydrogen-bond acceptors (Lipinski definition) is 3. The Morgan fingerprint density at radius 2 is 2.28 bits per heavy atom. The van der Waals surface area contributed by atoms with Crippen LogP contribution < -0.4 is 10.6 Å². The Balaban J connectivity index is 1.82. The van der Waals surface area contributed by atoms with Crippen LogP contribution in [0.5, 0.6) is 0 Å². The maximum Gasteiger partial charge on any atom is 0.105 e. The van der Waals surface area contributed by atoms with Gasteiger partial charge >= 0.3 is 0 Å². The molecule has 0 spiro atoms. The summed E-state index contributed by atoms with van der Waals surface area (Å²) >= 11 is 0. The van der Waals surface area contributed by atoms with E-state index in [1.54, 1.807) is 6.26 Å². The van der Waals surface area contributed by atoms with Crippen LogP contribution in [0, 0.1) is 11.3 Å². The van der Waals surface area contributed by atoms with E-state index in [-0.39, 0.29) is 0 Å². The van der Waals surface area contributed by atoms with Gasteiger partial charge in [0.05, 0.1) is 6.26 Å². The van der Waals surface area contributed by atoms with Crippen molar-refractivity contribution in [3.63, 3.8) is 0 Å². The summed E-state index contributed by atoms with van der Waals surface area (Å²) in [7, 11) is 0. The van der Waals surface area contributed by atoms with E-state index in [1.165, 1.54) is 6.42 Å². The van der Waals surface area contributed by atoms with Crippen molar-refractivity contribution in [2.45, 2.75) is 39.7 Å². The van der Waals surface area contributed by atoms with Gasteiger partial charge in [-0.3, -0.25) is 0 Å². The average Bonchev–Trinajstić information content (AvgIpc) is 2.97. The number of rotatable bonds is 6. The Labute approximate surface area is 110 Å². The van der Waals surface area contributed by atoms with Crippen LogP contribution in [0.2, 0.25) is 0 Å². The van der Waals surface area contributed by atoms with Crippen molar-refractivity contribution in [2.24, 2.45) is 11.3 Å². The van der Waals surface area contributed by atoms with E-state index < -0.39 is 0 Å². The maximum absolute atomic E-state index is 5.40. The second kappa shape index (κ2) is 5.89. The Bertz CT molecular complexity index is 339. The molecular formula is C15H26N2O. The van der Waals surface area contributed by atoms with Crippen molar-refractivity contribution in [3.05, 3.63) is 24.2 Å². The first-order valence-corrected chi connectivity index (χ1v) is 7.09. The molecule has 0 saturated carbocycles. The molecule has 0 aromatic carbocycles. The first-order chi connectivity index (χ1) is 8.62. The SMILES string of the molecule is CC(Cc1ccco1)NCC1(C(C)C)CCNC1. The monoisotopic (exact) mass is 250 g/mol. The van der Waals surface area contributed by atoms with Crippen LogP contribution in [0.15, 0.2) is 22.8 Å². The fourth-order valence-electron chi connectivity index (χ4n) is 2.79. The molecule has 1 aromatic rings. The molecule has 3 nitrogen and oxygen atoms in total. The summed E-state index contributed by atoms with van der Waals surface area (Å²) in [6.07, 6.45) is 4.00. The van der Waals surface area contributed by atoms with Gasteiger partial charge in [0, 0.05) is 25.6 Å². The van der Waals surface area contributed by atoms with Crippen LogP contribution in [-0.4, -0.2) is 25.7 Å². The predicted octanol–water partition coefficient (Wildman–Crippen LogP) is 2.44. The van der Waals surface area contributed by atoms with Crippen LogP contribution in [0.1, 0.15) is 33.0 Å². The van der Waals surface area contributed by atoms with Gasteiger partial charge in [-0.25, -0.2) is 0 Å². The Morgan fingerprint density at radius 3 is 2.83 bits per heavy atom. The van der Waals surface area contributed by atoms with Gasteiger partial charge in [0.25, 0.3) is 0 Å². The summed E-state index contributed by atoms with van der Waals surface area (Å²) in [5, 5.41) is 7.19. The molecule has 0 aliphatic carbocycles. The summed E-state index contributed by atoms with van der Waals surface area (Å²) in [6.45, 7) is 10.3. The molecule has 0 radical (unpaired) electrons. The first kappa shape index (κ1) is 13.6. The van der Waals surface area contributed by atoms with Crippen molar-refractivity contribution in [3.8, 4) is 0 Å². The van der Waals surface area contributed by atoms with E-state index in [4.69, 9.17) is 4.42 Å². The molecular weight excluding hydrogens is 224 g/mol. The maximum atomic E-state index is 5.40. The highest BCUT2D eigenvalue weighted by Gasteiger charge is 2.36. The number of nitrogens with one attached hydrogen (secondary N) is 2. The molecule has 102 valence electrons. The van der Waals surface area contributed by atoms with Crippen LogP contribution in [0.25, 0.3) is 0 Å². The molecule has 1 aliphatic heterocycles. The molecule has 18 heavy (non-hydrogen) atoms. The topological polar surface area (TPSA) is 37.2 Å². The van der Waals surface area contributed by atoms with Gasteiger partial charge in [-0.2, -0.15) is 0 Å². The third-order valence-corrected chi connectivity index (χ3v) is 4.39. The third kappa shape index (κ3) is 3.15. The largest absolute Gasteiger partial charge is 0.469 e. The fourth-order valence-corrected chi connectivity index (χ4v) is 2.79. The summed E-state index contributed by atoms with van der Waals surface area (Å²) in [4.78, 5) is 0. The minimum Gasteiger partial charge on any atom is -0.469 e. The highest BCUT2D eigenvalue weighted by molar-refractivity contribution is 5.00. The van der Waals surface area contributed by atoms with Crippen molar-refractivity contribution in [1.29, 1.82) is 0 Å². The molecule has 2 unspecified atom stereocenters. The van der Waals surface area contributed by atoms with Gasteiger partial charge in [0.15, 0.2) is 0 Å². The summed E-state index contributed by atoms with van der Waals surface area (Å²) in [5.74, 6) is 1.79. The van der Waals surface area contributed by atoms with Gasteiger partial charge in [0.1, 0.15) is 5.76 Å². The second-order valence-electron chi connectivity index (χ2n) is 6.01. The standard InChI is InChI=1S/C15H26N2O/c1-12(2)15(6-7-16-10-15)11-17-13(3)9-14-5-4-8-18-14/h4-5,8,12-13,16-17H,6-7,9-11H2,1-3H3.